The van der Waals surface area contributed by atoms with Crippen molar-refractivity contribution in [1.29, 1.82) is 0 Å². The van der Waals surface area contributed by atoms with Crippen LogP contribution in [0.25, 0.3) is 10.9 Å². The van der Waals surface area contributed by atoms with Gasteiger partial charge in [-0.2, -0.15) is 0 Å². The molecule has 2 aromatic rings. The minimum absolute atomic E-state index is 0.150. The van der Waals surface area contributed by atoms with Gasteiger partial charge in [0.1, 0.15) is 0 Å². The Morgan fingerprint density at radius 1 is 1.21 bits per heavy atom. The summed E-state index contributed by atoms with van der Waals surface area (Å²) >= 11 is 0. The summed E-state index contributed by atoms with van der Waals surface area (Å²) in [6, 6.07) is 8.79. The van der Waals surface area contributed by atoms with E-state index in [2.05, 4.69) is 73.0 Å². The number of nitrogens with one attached hydrogen (secondary N) is 1. The predicted molar refractivity (Wildman–Crippen MR) is 82.0 cm³/mol. The fourth-order valence-corrected chi connectivity index (χ4v) is 2.03. The maximum absolute atomic E-state index is 3.51. The van der Waals surface area contributed by atoms with Crippen LogP contribution in [-0.2, 0) is 13.1 Å². The largest absolute Gasteiger partial charge is 0.336 e. The third-order valence-electron chi connectivity index (χ3n) is 3.08. The average Bonchev–Trinajstić information content (AvgIpc) is 2.75. The van der Waals surface area contributed by atoms with E-state index in [1.807, 2.05) is 6.92 Å². The number of benzene rings is 1. The normalized spacial score (nSPS) is 11.4. The molecule has 0 saturated carbocycles. The molecule has 0 atom stereocenters. The molecule has 0 amide bonds. The number of fused-ring (bicyclic) bond motifs is 1. The van der Waals surface area contributed by atoms with Gasteiger partial charge in [-0.05, 0) is 56.8 Å². The monoisotopic (exact) mass is 254 g/mol. The van der Waals surface area contributed by atoms with E-state index < -0.39 is 0 Å². The molecule has 0 aliphatic carbocycles. The zero-order valence-electron chi connectivity index (χ0n) is 12.2. The molecule has 1 aromatic carbocycles. The average molecular weight is 254 g/mol. The van der Waals surface area contributed by atoms with Gasteiger partial charge in [0.05, 0.1) is 6.54 Å². The molecule has 0 fully saturated rings. The maximum atomic E-state index is 3.51. The van der Waals surface area contributed by atoms with Crippen molar-refractivity contribution in [3.05, 3.63) is 36.0 Å². The van der Waals surface area contributed by atoms with Gasteiger partial charge in [-0.1, -0.05) is 12.0 Å². The SMILES string of the molecule is CC#CCn1ccc2cc(CNC(C)(C)C)ccc21. The van der Waals surface area contributed by atoms with Crippen LogP contribution < -0.4 is 5.32 Å². The molecule has 19 heavy (non-hydrogen) atoms. The highest BCUT2D eigenvalue weighted by molar-refractivity contribution is 5.81. The molecule has 0 bridgehead atoms. The minimum atomic E-state index is 0.150. The van der Waals surface area contributed by atoms with Crippen LogP contribution in [-0.4, -0.2) is 10.1 Å². The molecule has 0 saturated heterocycles. The van der Waals surface area contributed by atoms with Gasteiger partial charge in [-0.25, -0.2) is 0 Å². The van der Waals surface area contributed by atoms with Crippen LogP contribution >= 0.6 is 0 Å². The summed E-state index contributed by atoms with van der Waals surface area (Å²) in [4.78, 5) is 0. The topological polar surface area (TPSA) is 17.0 Å². The number of hydrogen-bond acceptors (Lipinski definition) is 1. The maximum Gasteiger partial charge on any atom is 0.0837 e. The Kier molecular flexibility index (Phi) is 3.97. The molecular weight excluding hydrogens is 232 g/mol. The van der Waals surface area contributed by atoms with Gasteiger partial charge in [-0.3, -0.25) is 0 Å². The summed E-state index contributed by atoms with van der Waals surface area (Å²) in [7, 11) is 0. The number of nitrogens with zero attached hydrogens (tertiary/aromatic N) is 1. The second-order valence-corrected chi connectivity index (χ2v) is 5.87. The smallest absolute Gasteiger partial charge is 0.0837 e. The highest BCUT2D eigenvalue weighted by atomic mass is 14.9. The first-order valence-electron chi connectivity index (χ1n) is 6.72. The third kappa shape index (κ3) is 3.62. The van der Waals surface area contributed by atoms with Gasteiger partial charge in [0, 0.05) is 23.8 Å². The lowest BCUT2D eigenvalue weighted by Gasteiger charge is -2.20. The minimum Gasteiger partial charge on any atom is -0.336 e. The molecule has 2 heteroatoms. The summed E-state index contributed by atoms with van der Waals surface area (Å²) < 4.78 is 2.19. The van der Waals surface area contributed by atoms with Crippen LogP contribution in [0.2, 0.25) is 0 Å². The molecule has 2 nitrogen and oxygen atoms in total. The van der Waals surface area contributed by atoms with Crippen molar-refractivity contribution in [1.82, 2.24) is 9.88 Å². The van der Waals surface area contributed by atoms with Gasteiger partial charge >= 0.3 is 0 Å². The Bertz CT molecular complexity index is 618. The second-order valence-electron chi connectivity index (χ2n) is 5.87. The first kappa shape index (κ1) is 13.7. The van der Waals surface area contributed by atoms with E-state index in [4.69, 9.17) is 0 Å². The standard InChI is InChI=1S/C17H22N2/c1-5-6-10-19-11-9-15-12-14(7-8-16(15)19)13-18-17(2,3)4/h7-9,11-12,18H,10,13H2,1-4H3. The van der Waals surface area contributed by atoms with E-state index in [9.17, 15) is 0 Å². The Morgan fingerprint density at radius 2 is 2.00 bits per heavy atom. The van der Waals surface area contributed by atoms with E-state index >= 15 is 0 Å². The zero-order chi connectivity index (χ0) is 13.9. The lowest BCUT2D eigenvalue weighted by Crippen LogP contribution is -2.35. The summed E-state index contributed by atoms with van der Waals surface area (Å²) in [6.07, 6.45) is 2.11. The van der Waals surface area contributed by atoms with Crippen LogP contribution in [0.1, 0.15) is 33.3 Å². The van der Waals surface area contributed by atoms with Crippen LogP contribution in [0.4, 0.5) is 0 Å². The fourth-order valence-electron chi connectivity index (χ4n) is 2.03. The van der Waals surface area contributed by atoms with Crippen LogP contribution in [0.5, 0.6) is 0 Å². The van der Waals surface area contributed by atoms with Crippen molar-refractivity contribution in [3.8, 4) is 11.8 Å². The van der Waals surface area contributed by atoms with Gasteiger partial charge in [0.25, 0.3) is 0 Å². The van der Waals surface area contributed by atoms with Crippen molar-refractivity contribution >= 4 is 10.9 Å². The van der Waals surface area contributed by atoms with Gasteiger partial charge in [0.15, 0.2) is 0 Å². The Morgan fingerprint density at radius 3 is 2.68 bits per heavy atom. The summed E-state index contributed by atoms with van der Waals surface area (Å²) in [6.45, 7) is 10.1. The van der Waals surface area contributed by atoms with Crippen LogP contribution in [0.15, 0.2) is 30.5 Å². The van der Waals surface area contributed by atoms with E-state index in [-0.39, 0.29) is 5.54 Å². The molecule has 0 aliphatic heterocycles. The van der Waals surface area contributed by atoms with Crippen molar-refractivity contribution in [2.45, 2.75) is 46.3 Å². The summed E-state index contributed by atoms with van der Waals surface area (Å²) in [5, 5.41) is 4.80. The fraction of sp³-hybridized carbons (Fsp3) is 0.412. The van der Waals surface area contributed by atoms with E-state index in [1.54, 1.807) is 0 Å². The van der Waals surface area contributed by atoms with E-state index in [0.717, 1.165) is 13.1 Å². The summed E-state index contributed by atoms with van der Waals surface area (Å²) in [5.74, 6) is 6.04. The number of rotatable bonds is 3. The molecule has 1 heterocycles. The van der Waals surface area contributed by atoms with Crippen molar-refractivity contribution in [3.63, 3.8) is 0 Å². The molecular formula is C17H22N2. The number of hydrogen-bond donors (Lipinski definition) is 1. The van der Waals surface area contributed by atoms with Crippen LogP contribution in [0, 0.1) is 11.8 Å². The molecule has 0 unspecified atom stereocenters. The number of aromatic nitrogens is 1. The lowest BCUT2D eigenvalue weighted by atomic mass is 10.1. The highest BCUT2D eigenvalue weighted by Gasteiger charge is 2.08. The zero-order valence-corrected chi connectivity index (χ0v) is 12.2. The second kappa shape index (κ2) is 5.50. The molecule has 1 N–H and O–H groups in total. The molecule has 0 aliphatic rings. The third-order valence-corrected chi connectivity index (χ3v) is 3.08. The van der Waals surface area contributed by atoms with Crippen LogP contribution in [0.3, 0.4) is 0 Å². The molecule has 100 valence electrons. The first-order chi connectivity index (χ1) is 8.99. The summed E-state index contributed by atoms with van der Waals surface area (Å²) in [5.41, 5.74) is 2.72. The Hall–Kier alpha value is -1.72. The molecule has 2 rings (SSSR count). The highest BCUT2D eigenvalue weighted by Crippen LogP contribution is 2.18. The molecule has 1 aromatic heterocycles. The van der Waals surface area contributed by atoms with Gasteiger partial charge in [0.2, 0.25) is 0 Å². The molecule has 0 spiro atoms. The Balaban J connectivity index is 2.19. The predicted octanol–water partition coefficient (Wildman–Crippen LogP) is 3.55. The molecule has 0 radical (unpaired) electrons. The first-order valence-corrected chi connectivity index (χ1v) is 6.72. The van der Waals surface area contributed by atoms with E-state index in [1.165, 1.54) is 16.5 Å². The quantitative estimate of drug-likeness (QED) is 0.829. The van der Waals surface area contributed by atoms with Gasteiger partial charge < -0.3 is 9.88 Å². The lowest BCUT2D eigenvalue weighted by molar-refractivity contribution is 0.424. The van der Waals surface area contributed by atoms with E-state index in [0.29, 0.717) is 0 Å². The van der Waals surface area contributed by atoms with Gasteiger partial charge in [-0.15, -0.1) is 5.92 Å². The van der Waals surface area contributed by atoms with Crippen molar-refractivity contribution in [2.75, 3.05) is 0 Å². The van der Waals surface area contributed by atoms with Crippen molar-refractivity contribution < 1.29 is 0 Å². The Labute approximate surface area is 115 Å². The van der Waals surface area contributed by atoms with Crippen molar-refractivity contribution in [2.24, 2.45) is 0 Å².